The van der Waals surface area contributed by atoms with Gasteiger partial charge in [0.25, 0.3) is 0 Å². The van der Waals surface area contributed by atoms with E-state index in [4.69, 9.17) is 5.73 Å². The van der Waals surface area contributed by atoms with E-state index in [1.54, 1.807) is 65.2 Å². The number of nitrogens with zero attached hydrogens (tertiary/aromatic N) is 1. The molecule has 2 unspecified atom stereocenters. The number of carbonyl (C=O) groups excluding carboxylic acids is 6. The first-order valence-corrected chi connectivity index (χ1v) is 14.1. The number of ketones is 4. The van der Waals surface area contributed by atoms with Crippen molar-refractivity contribution in [3.05, 3.63) is 47.5 Å². The van der Waals surface area contributed by atoms with E-state index in [1.807, 2.05) is 0 Å². The maximum absolute atomic E-state index is 14.0. The monoisotopic (exact) mass is 589 g/mol. The van der Waals surface area contributed by atoms with Crippen molar-refractivity contribution in [2.24, 2.45) is 34.8 Å². The number of Topliss-reactive ketones (excluding diaryl/α,β-unsaturated/α-hetero) is 4. The van der Waals surface area contributed by atoms with Gasteiger partial charge >= 0.3 is 0 Å². The number of fused-ring (bicyclic) bond motifs is 3. The molecule has 3 aliphatic rings. The Kier molecular flexibility index (Phi) is 7.18. The highest BCUT2D eigenvalue weighted by Gasteiger charge is 2.69. The molecule has 0 spiro atoms. The minimum absolute atomic E-state index is 0.0310. The second-order valence-corrected chi connectivity index (χ2v) is 13.1. The lowest BCUT2D eigenvalue weighted by molar-refractivity contribution is -0.181. The van der Waals surface area contributed by atoms with E-state index in [0.29, 0.717) is 22.4 Å². The van der Waals surface area contributed by atoms with Crippen molar-refractivity contribution in [2.45, 2.75) is 45.3 Å². The zero-order valence-electron chi connectivity index (χ0n) is 24.6. The minimum atomic E-state index is -2.77. The van der Waals surface area contributed by atoms with Crippen LogP contribution >= 0.6 is 0 Å². The summed E-state index contributed by atoms with van der Waals surface area (Å²) < 4.78 is 0. The molecule has 0 bridgehead atoms. The number of nitrogens with one attached hydrogen (secondary N) is 1. The van der Waals surface area contributed by atoms with Crippen LogP contribution in [-0.4, -0.2) is 75.8 Å². The molecule has 11 nitrogen and oxygen atoms in total. The Bertz CT molecular complexity index is 1590. The number of hydrogen-bond acceptors (Lipinski definition) is 9. The van der Waals surface area contributed by atoms with Gasteiger partial charge in [-0.15, -0.1) is 0 Å². The molecule has 0 radical (unpaired) electrons. The first-order valence-electron chi connectivity index (χ1n) is 14.1. The summed E-state index contributed by atoms with van der Waals surface area (Å²) in [6.07, 6.45) is 0.120. The van der Waals surface area contributed by atoms with Crippen LogP contribution in [-0.2, 0) is 30.4 Å². The fraction of sp³-hybridized carbons (Fsp3) is 0.438. The fourth-order valence-electron chi connectivity index (χ4n) is 6.93. The average molecular weight is 590 g/mol. The second-order valence-electron chi connectivity index (χ2n) is 13.1. The number of carbonyl (C=O) groups is 6. The molecule has 5 N–H and O–H groups in total. The predicted molar refractivity (Wildman–Crippen MR) is 155 cm³/mol. The minimum Gasteiger partial charge on any atom is -0.507 e. The standard InChI is InChI=1S/C32H35N3O8/c1-31(2,3)30(42)34-16-8-6-14(7-9-16)17-10-11-20(36)22-18(17)12-15-13-19-24(35(4)5)26(38)23(29(33)41)28(40)32(19,43)27(39)21(15)25(22)37/h6-11,15,19,21,23-24,36,43H,12-13H2,1-5H3,(H2,33,41)(H,34,42)/t15-,19-,21?,23?,24-,32-/m0/s1. The third-order valence-corrected chi connectivity index (χ3v) is 9.08. The lowest BCUT2D eigenvalue weighted by atomic mass is 9.52. The van der Waals surface area contributed by atoms with Gasteiger partial charge in [-0.05, 0) is 67.7 Å². The van der Waals surface area contributed by atoms with Gasteiger partial charge in [0.05, 0.1) is 17.5 Å². The second kappa shape index (κ2) is 10.2. The molecule has 6 atom stereocenters. The van der Waals surface area contributed by atoms with Crippen LogP contribution in [0.15, 0.2) is 36.4 Å². The summed E-state index contributed by atoms with van der Waals surface area (Å²) in [4.78, 5) is 80.5. The molecule has 2 aromatic carbocycles. The molecule has 11 heteroatoms. The lowest BCUT2D eigenvalue weighted by Crippen LogP contribution is -2.74. The molecule has 2 aromatic rings. The smallest absolute Gasteiger partial charge is 0.235 e. The number of aliphatic hydroxyl groups is 1. The first-order chi connectivity index (χ1) is 20.0. The van der Waals surface area contributed by atoms with Crippen molar-refractivity contribution < 1.29 is 39.0 Å². The van der Waals surface area contributed by atoms with E-state index < -0.39 is 69.8 Å². The van der Waals surface area contributed by atoms with E-state index in [-0.39, 0.29) is 30.1 Å². The number of hydrogen-bond donors (Lipinski definition) is 4. The largest absolute Gasteiger partial charge is 0.507 e. The van der Waals surface area contributed by atoms with E-state index in [1.165, 1.54) is 11.0 Å². The van der Waals surface area contributed by atoms with Crippen molar-refractivity contribution in [2.75, 3.05) is 19.4 Å². The van der Waals surface area contributed by atoms with Crippen LogP contribution in [0.3, 0.4) is 0 Å². The molecule has 5 rings (SSSR count). The van der Waals surface area contributed by atoms with Gasteiger partial charge in [-0.1, -0.05) is 39.0 Å². The molecule has 226 valence electrons. The molecule has 3 aliphatic carbocycles. The van der Waals surface area contributed by atoms with Crippen LogP contribution in [0.1, 0.15) is 43.1 Å². The SMILES string of the molecule is CN(C)[C@@H]1C(=O)C(C(N)=O)C(=O)[C@@]2(O)C(=O)C3C(=O)c4c(O)ccc(-c5ccc(NC(=O)C(C)(C)C)cc5)c4C[C@H]3C[C@@H]12. The number of anilines is 1. The molecule has 2 fully saturated rings. The van der Waals surface area contributed by atoms with Crippen molar-refractivity contribution >= 4 is 40.6 Å². The van der Waals surface area contributed by atoms with Crippen LogP contribution in [0.2, 0.25) is 0 Å². The molecule has 0 aliphatic heterocycles. The number of phenols is 1. The van der Waals surface area contributed by atoms with Crippen LogP contribution in [0.4, 0.5) is 5.69 Å². The molecular weight excluding hydrogens is 554 g/mol. The van der Waals surface area contributed by atoms with E-state index in [9.17, 15) is 39.0 Å². The number of benzene rings is 2. The molecule has 0 aromatic heterocycles. The number of amides is 2. The molecule has 0 heterocycles. The Labute approximate surface area is 248 Å². The maximum atomic E-state index is 14.0. The van der Waals surface area contributed by atoms with Gasteiger partial charge in [-0.2, -0.15) is 0 Å². The van der Waals surface area contributed by atoms with Gasteiger partial charge < -0.3 is 21.3 Å². The molecular formula is C32H35N3O8. The summed E-state index contributed by atoms with van der Waals surface area (Å²) in [6.45, 7) is 5.41. The Morgan fingerprint density at radius 3 is 2.19 bits per heavy atom. The predicted octanol–water partition coefficient (Wildman–Crippen LogP) is 1.52. The number of aromatic hydroxyl groups is 1. The number of phenolic OH excluding ortho intramolecular Hbond substituents is 1. The van der Waals surface area contributed by atoms with Gasteiger partial charge in [-0.3, -0.25) is 33.7 Å². The van der Waals surface area contributed by atoms with Crippen molar-refractivity contribution in [1.82, 2.24) is 4.90 Å². The molecule has 2 saturated carbocycles. The van der Waals surface area contributed by atoms with Gasteiger partial charge in [0, 0.05) is 17.0 Å². The quantitative estimate of drug-likeness (QED) is 0.384. The summed E-state index contributed by atoms with van der Waals surface area (Å²) in [5, 5.41) is 25.3. The Morgan fingerprint density at radius 2 is 1.63 bits per heavy atom. The van der Waals surface area contributed by atoms with Crippen LogP contribution in [0.5, 0.6) is 5.75 Å². The average Bonchev–Trinajstić information content (AvgIpc) is 2.90. The van der Waals surface area contributed by atoms with Gasteiger partial charge in [-0.25, -0.2) is 0 Å². The molecule has 0 saturated heterocycles. The van der Waals surface area contributed by atoms with Crippen LogP contribution < -0.4 is 11.1 Å². The summed E-state index contributed by atoms with van der Waals surface area (Å²) >= 11 is 0. The zero-order chi connectivity index (χ0) is 31.8. The highest BCUT2D eigenvalue weighted by molar-refractivity contribution is 6.32. The highest BCUT2D eigenvalue weighted by atomic mass is 16.3. The van der Waals surface area contributed by atoms with Crippen LogP contribution in [0, 0.1) is 29.1 Å². The molecule has 43 heavy (non-hydrogen) atoms. The van der Waals surface area contributed by atoms with Crippen molar-refractivity contribution in [1.29, 1.82) is 0 Å². The normalized spacial score (nSPS) is 28.7. The third kappa shape index (κ3) is 4.58. The highest BCUT2D eigenvalue weighted by Crippen LogP contribution is 2.51. The van der Waals surface area contributed by atoms with Gasteiger partial charge in [0.1, 0.15) is 5.75 Å². The lowest BCUT2D eigenvalue weighted by Gasteiger charge is -2.52. The Morgan fingerprint density at radius 1 is 1.00 bits per heavy atom. The van der Waals surface area contributed by atoms with E-state index in [0.717, 1.165) is 0 Å². The molecule has 2 amide bonds. The first kappa shape index (κ1) is 30.2. The van der Waals surface area contributed by atoms with Crippen LogP contribution in [0.25, 0.3) is 11.1 Å². The Balaban J connectivity index is 1.56. The van der Waals surface area contributed by atoms with E-state index in [2.05, 4.69) is 5.32 Å². The number of primary amides is 1. The number of likely N-dealkylation sites (N-methyl/N-ethyl adjacent to an activating group) is 1. The summed E-state index contributed by atoms with van der Waals surface area (Å²) in [5.41, 5.74) is 4.35. The summed E-state index contributed by atoms with van der Waals surface area (Å²) in [5.74, 6) is -11.0. The summed E-state index contributed by atoms with van der Waals surface area (Å²) in [7, 11) is 3.08. The third-order valence-electron chi connectivity index (χ3n) is 9.08. The topological polar surface area (TPSA) is 184 Å². The van der Waals surface area contributed by atoms with Gasteiger partial charge in [0.15, 0.2) is 34.7 Å². The summed E-state index contributed by atoms with van der Waals surface area (Å²) in [6, 6.07) is 8.86. The fourth-order valence-corrected chi connectivity index (χ4v) is 6.93. The van der Waals surface area contributed by atoms with Crippen molar-refractivity contribution in [3.63, 3.8) is 0 Å². The van der Waals surface area contributed by atoms with E-state index >= 15 is 0 Å². The van der Waals surface area contributed by atoms with Crippen molar-refractivity contribution in [3.8, 4) is 16.9 Å². The Hall–Kier alpha value is -4.22. The van der Waals surface area contributed by atoms with Gasteiger partial charge in [0.2, 0.25) is 11.8 Å². The number of nitrogens with two attached hydrogens (primary N) is 1. The maximum Gasteiger partial charge on any atom is 0.235 e. The number of rotatable bonds is 4. The zero-order valence-corrected chi connectivity index (χ0v) is 24.6.